The standard InChI is InChI=1S/C9H9ClFNO/c1-9(2,11)8(13)6-3-4-7(10)12-5-6/h3-5H,1-2H3. The molecule has 0 saturated carbocycles. The Morgan fingerprint density at radius 2 is 2.15 bits per heavy atom. The average Bonchev–Trinajstić information content (AvgIpc) is 2.03. The molecule has 70 valence electrons. The van der Waals surface area contributed by atoms with Gasteiger partial charge >= 0.3 is 0 Å². The van der Waals surface area contributed by atoms with Crippen LogP contribution in [0, 0.1) is 0 Å². The molecule has 0 atom stereocenters. The van der Waals surface area contributed by atoms with Gasteiger partial charge in [0.1, 0.15) is 5.15 Å². The van der Waals surface area contributed by atoms with Gasteiger partial charge < -0.3 is 0 Å². The minimum absolute atomic E-state index is 0.233. The molecule has 0 unspecified atom stereocenters. The number of hydrogen-bond donors (Lipinski definition) is 0. The lowest BCUT2D eigenvalue weighted by Crippen LogP contribution is -2.25. The van der Waals surface area contributed by atoms with Gasteiger partial charge in [0, 0.05) is 11.8 Å². The minimum atomic E-state index is -1.87. The summed E-state index contributed by atoms with van der Waals surface area (Å²) in [5.41, 5.74) is -1.63. The molecule has 4 heteroatoms. The van der Waals surface area contributed by atoms with Crippen molar-refractivity contribution in [1.82, 2.24) is 4.98 Å². The Hall–Kier alpha value is -0.960. The van der Waals surface area contributed by atoms with Crippen molar-refractivity contribution in [3.63, 3.8) is 0 Å². The quantitative estimate of drug-likeness (QED) is 0.544. The molecule has 1 aromatic rings. The summed E-state index contributed by atoms with van der Waals surface area (Å²) in [5.74, 6) is -0.586. The first-order chi connectivity index (χ1) is 5.91. The van der Waals surface area contributed by atoms with Gasteiger partial charge in [-0.15, -0.1) is 0 Å². The Morgan fingerprint density at radius 1 is 1.54 bits per heavy atom. The molecule has 1 rings (SSSR count). The van der Waals surface area contributed by atoms with E-state index in [0.29, 0.717) is 0 Å². The molecule has 2 nitrogen and oxygen atoms in total. The Bertz CT molecular complexity index is 315. The third kappa shape index (κ3) is 2.49. The number of rotatable bonds is 2. The molecule has 0 radical (unpaired) electrons. The highest BCUT2D eigenvalue weighted by atomic mass is 35.5. The molecule has 1 heterocycles. The SMILES string of the molecule is CC(C)(F)C(=O)c1ccc(Cl)nc1. The van der Waals surface area contributed by atoms with Crippen LogP contribution >= 0.6 is 11.6 Å². The number of alkyl halides is 1. The van der Waals surface area contributed by atoms with E-state index in [9.17, 15) is 9.18 Å². The number of ketones is 1. The largest absolute Gasteiger partial charge is 0.291 e. The number of carbonyl (C=O) groups excluding carboxylic acids is 1. The van der Waals surface area contributed by atoms with Crippen LogP contribution in [0.3, 0.4) is 0 Å². The predicted molar refractivity (Wildman–Crippen MR) is 48.8 cm³/mol. The number of aromatic nitrogens is 1. The molecule has 0 fully saturated rings. The van der Waals surface area contributed by atoms with Gasteiger partial charge in [-0.2, -0.15) is 0 Å². The molecule has 1 aromatic heterocycles. The lowest BCUT2D eigenvalue weighted by molar-refractivity contribution is 0.0760. The summed E-state index contributed by atoms with van der Waals surface area (Å²) in [5, 5.41) is 0.285. The Labute approximate surface area is 80.7 Å². The zero-order valence-corrected chi connectivity index (χ0v) is 8.10. The second kappa shape index (κ2) is 3.42. The van der Waals surface area contributed by atoms with E-state index < -0.39 is 11.5 Å². The van der Waals surface area contributed by atoms with Crippen LogP contribution < -0.4 is 0 Å². The Kier molecular flexibility index (Phi) is 2.66. The molecule has 0 bridgehead atoms. The number of hydrogen-bond acceptors (Lipinski definition) is 2. The molecule has 0 saturated heterocycles. The first-order valence-electron chi connectivity index (χ1n) is 3.76. The third-order valence-corrected chi connectivity index (χ3v) is 1.75. The number of Topliss-reactive ketones (excluding diaryl/α,β-unsaturated/α-hetero) is 1. The summed E-state index contributed by atoms with van der Waals surface area (Å²) in [6, 6.07) is 2.92. The molecule has 0 aliphatic carbocycles. The van der Waals surface area contributed by atoms with Crippen molar-refractivity contribution in [2.45, 2.75) is 19.5 Å². The first-order valence-corrected chi connectivity index (χ1v) is 4.14. The van der Waals surface area contributed by atoms with Gasteiger partial charge in [0.05, 0.1) is 0 Å². The molecule has 0 aliphatic heterocycles. The first kappa shape index (κ1) is 10.1. The second-order valence-corrected chi connectivity index (χ2v) is 3.56. The van der Waals surface area contributed by atoms with E-state index in [0.717, 1.165) is 0 Å². The zero-order valence-electron chi connectivity index (χ0n) is 7.34. The second-order valence-electron chi connectivity index (χ2n) is 3.17. The van der Waals surface area contributed by atoms with Crippen LogP contribution in [0.5, 0.6) is 0 Å². The van der Waals surface area contributed by atoms with Crippen LogP contribution in [-0.2, 0) is 0 Å². The Balaban J connectivity index is 2.97. The summed E-state index contributed by atoms with van der Waals surface area (Å²) in [4.78, 5) is 15.0. The van der Waals surface area contributed by atoms with Crippen LogP contribution in [-0.4, -0.2) is 16.4 Å². The lowest BCUT2D eigenvalue weighted by Gasteiger charge is -2.11. The van der Waals surface area contributed by atoms with E-state index in [-0.39, 0.29) is 10.7 Å². The highest BCUT2D eigenvalue weighted by Gasteiger charge is 2.27. The van der Waals surface area contributed by atoms with Gasteiger partial charge in [-0.25, -0.2) is 9.37 Å². The summed E-state index contributed by atoms with van der Waals surface area (Å²) in [7, 11) is 0. The topological polar surface area (TPSA) is 30.0 Å². The van der Waals surface area contributed by atoms with Crippen molar-refractivity contribution in [1.29, 1.82) is 0 Å². The molecular weight excluding hydrogens is 193 g/mol. The van der Waals surface area contributed by atoms with Crippen LogP contribution in [0.15, 0.2) is 18.3 Å². The number of carbonyl (C=O) groups is 1. The molecule has 0 N–H and O–H groups in total. The maximum atomic E-state index is 13.2. The van der Waals surface area contributed by atoms with Gasteiger partial charge in [-0.1, -0.05) is 11.6 Å². The fraction of sp³-hybridized carbons (Fsp3) is 0.333. The van der Waals surface area contributed by atoms with Crippen LogP contribution in [0.2, 0.25) is 5.15 Å². The van der Waals surface area contributed by atoms with Gasteiger partial charge in [0.2, 0.25) is 5.78 Å². The van der Waals surface area contributed by atoms with Crippen molar-refractivity contribution >= 4 is 17.4 Å². The van der Waals surface area contributed by atoms with Crippen LogP contribution in [0.4, 0.5) is 4.39 Å². The van der Waals surface area contributed by atoms with Crippen LogP contribution in [0.1, 0.15) is 24.2 Å². The van der Waals surface area contributed by atoms with Crippen molar-refractivity contribution in [2.75, 3.05) is 0 Å². The number of pyridine rings is 1. The van der Waals surface area contributed by atoms with Gasteiger partial charge in [-0.05, 0) is 26.0 Å². The van der Waals surface area contributed by atoms with E-state index in [4.69, 9.17) is 11.6 Å². The van der Waals surface area contributed by atoms with Crippen LogP contribution in [0.25, 0.3) is 0 Å². The fourth-order valence-electron chi connectivity index (χ4n) is 0.853. The van der Waals surface area contributed by atoms with Crippen molar-refractivity contribution in [3.05, 3.63) is 29.0 Å². The molecule has 0 amide bonds. The van der Waals surface area contributed by atoms with Gasteiger partial charge in [-0.3, -0.25) is 4.79 Å². The van der Waals surface area contributed by atoms with Crippen molar-refractivity contribution < 1.29 is 9.18 Å². The molecule has 0 aliphatic rings. The molecule has 0 aromatic carbocycles. The molecular formula is C9H9ClFNO. The van der Waals surface area contributed by atoms with E-state index in [1.807, 2.05) is 0 Å². The van der Waals surface area contributed by atoms with E-state index in [1.54, 1.807) is 0 Å². The summed E-state index contributed by atoms with van der Waals surface area (Å²) in [6.07, 6.45) is 1.27. The Morgan fingerprint density at radius 3 is 2.54 bits per heavy atom. The van der Waals surface area contributed by atoms with E-state index in [2.05, 4.69) is 4.98 Å². The smallest absolute Gasteiger partial charge is 0.200 e. The minimum Gasteiger partial charge on any atom is -0.291 e. The van der Waals surface area contributed by atoms with E-state index >= 15 is 0 Å². The molecule has 13 heavy (non-hydrogen) atoms. The lowest BCUT2D eigenvalue weighted by atomic mass is 10.0. The number of halogens is 2. The van der Waals surface area contributed by atoms with Gasteiger partial charge in [0.25, 0.3) is 0 Å². The molecule has 0 spiro atoms. The number of nitrogens with zero attached hydrogens (tertiary/aromatic N) is 1. The van der Waals surface area contributed by atoms with Crippen molar-refractivity contribution in [3.8, 4) is 0 Å². The zero-order chi connectivity index (χ0) is 10.1. The highest BCUT2D eigenvalue weighted by Crippen LogP contribution is 2.17. The predicted octanol–water partition coefficient (Wildman–Crippen LogP) is 2.67. The van der Waals surface area contributed by atoms with Gasteiger partial charge in [0.15, 0.2) is 5.67 Å². The monoisotopic (exact) mass is 201 g/mol. The maximum absolute atomic E-state index is 13.2. The summed E-state index contributed by atoms with van der Waals surface area (Å²) in [6.45, 7) is 2.42. The maximum Gasteiger partial charge on any atom is 0.200 e. The highest BCUT2D eigenvalue weighted by molar-refractivity contribution is 6.29. The average molecular weight is 202 g/mol. The summed E-state index contributed by atoms with van der Waals surface area (Å²) < 4.78 is 13.2. The third-order valence-electron chi connectivity index (χ3n) is 1.53. The van der Waals surface area contributed by atoms with E-state index in [1.165, 1.54) is 32.2 Å². The van der Waals surface area contributed by atoms with Crippen molar-refractivity contribution in [2.24, 2.45) is 0 Å². The normalized spacial score (nSPS) is 11.4. The summed E-state index contributed by atoms with van der Waals surface area (Å²) >= 11 is 5.51. The fourth-order valence-corrected chi connectivity index (χ4v) is 0.965.